The van der Waals surface area contributed by atoms with Gasteiger partial charge in [-0.25, -0.2) is 0 Å². The Bertz CT molecular complexity index is 3190. The Morgan fingerprint density at radius 3 is 1.65 bits per heavy atom. The molecule has 8 aromatic carbocycles. The molecule has 0 saturated carbocycles. The summed E-state index contributed by atoms with van der Waals surface area (Å²) in [6.07, 6.45) is 0. The van der Waals surface area contributed by atoms with E-state index in [4.69, 9.17) is 0 Å². The largest absolute Gasteiger partial charge is 0.309 e. The molecule has 3 heteroatoms. The first-order valence-electron chi connectivity index (χ1n) is 17.9. The Balaban J connectivity index is 1.05. The summed E-state index contributed by atoms with van der Waals surface area (Å²) in [5.74, 6) is 0. The van der Waals surface area contributed by atoms with E-state index in [2.05, 4.69) is 192 Å². The Labute approximate surface area is 305 Å². The highest BCUT2D eigenvalue weighted by Crippen LogP contribution is 2.42. The third-order valence-corrected chi connectivity index (χ3v) is 12.1. The van der Waals surface area contributed by atoms with E-state index in [-0.39, 0.29) is 0 Å². The molecular formula is C49H32N2S. The molecule has 244 valence electrons. The maximum absolute atomic E-state index is 2.45. The quantitative estimate of drug-likeness (QED) is 0.175. The van der Waals surface area contributed by atoms with Gasteiger partial charge < -0.3 is 9.13 Å². The van der Waals surface area contributed by atoms with Gasteiger partial charge in [0.15, 0.2) is 0 Å². The van der Waals surface area contributed by atoms with Crippen LogP contribution in [-0.4, -0.2) is 9.13 Å². The third-order valence-electron chi connectivity index (χ3n) is 10.8. The van der Waals surface area contributed by atoms with Crippen molar-refractivity contribution in [2.45, 2.75) is 6.92 Å². The van der Waals surface area contributed by atoms with Crippen molar-refractivity contribution in [1.82, 2.24) is 9.13 Å². The van der Waals surface area contributed by atoms with E-state index in [0.29, 0.717) is 0 Å². The van der Waals surface area contributed by atoms with Crippen LogP contribution < -0.4 is 0 Å². The van der Waals surface area contributed by atoms with Gasteiger partial charge in [-0.1, -0.05) is 109 Å². The summed E-state index contributed by atoms with van der Waals surface area (Å²) < 4.78 is 7.51. The van der Waals surface area contributed by atoms with Crippen molar-refractivity contribution in [3.05, 3.63) is 181 Å². The SMILES string of the molecule is Cc1cc(-c2cccc3c2sc2ccccc23)ccc1-n1c2ccccc2c2cc(-c3ccc4c(c3)c3ccccc3n4-c3ccccc3)ccc21. The first-order chi connectivity index (χ1) is 25.7. The van der Waals surface area contributed by atoms with Crippen LogP contribution in [0.4, 0.5) is 0 Å². The summed E-state index contributed by atoms with van der Waals surface area (Å²) in [4.78, 5) is 0. The molecule has 0 bridgehead atoms. The lowest BCUT2D eigenvalue weighted by Gasteiger charge is -2.14. The number of aromatic nitrogens is 2. The molecular weight excluding hydrogens is 649 g/mol. The van der Waals surface area contributed by atoms with Crippen LogP contribution in [0.5, 0.6) is 0 Å². The Hall–Kier alpha value is -6.42. The second kappa shape index (κ2) is 11.3. The topological polar surface area (TPSA) is 9.86 Å². The predicted octanol–water partition coefficient (Wildman–Crippen LogP) is 13.9. The molecule has 0 atom stereocenters. The molecule has 3 aromatic heterocycles. The van der Waals surface area contributed by atoms with Crippen molar-refractivity contribution in [2.75, 3.05) is 0 Å². The maximum atomic E-state index is 2.45. The monoisotopic (exact) mass is 680 g/mol. The fourth-order valence-corrected chi connectivity index (χ4v) is 9.71. The average molecular weight is 681 g/mol. The maximum Gasteiger partial charge on any atom is 0.0541 e. The van der Waals surface area contributed by atoms with Gasteiger partial charge in [-0.15, -0.1) is 11.3 Å². The van der Waals surface area contributed by atoms with E-state index in [9.17, 15) is 0 Å². The van der Waals surface area contributed by atoms with Crippen molar-refractivity contribution < 1.29 is 0 Å². The van der Waals surface area contributed by atoms with E-state index >= 15 is 0 Å². The normalized spacial score (nSPS) is 11.9. The summed E-state index contributed by atoms with van der Waals surface area (Å²) in [5.41, 5.74) is 13.5. The van der Waals surface area contributed by atoms with Gasteiger partial charge in [-0.2, -0.15) is 0 Å². The van der Waals surface area contributed by atoms with E-state index in [1.54, 1.807) is 0 Å². The van der Waals surface area contributed by atoms with E-state index in [0.717, 1.165) is 0 Å². The zero-order valence-corrected chi connectivity index (χ0v) is 29.4. The molecule has 0 amide bonds. The molecule has 11 rings (SSSR count). The molecule has 0 spiro atoms. The molecule has 0 fully saturated rings. The van der Waals surface area contributed by atoms with E-state index in [1.165, 1.54) is 103 Å². The molecule has 0 aliphatic heterocycles. The first kappa shape index (κ1) is 29.3. The van der Waals surface area contributed by atoms with Crippen LogP contribution >= 0.6 is 11.3 Å². The average Bonchev–Trinajstić information content (AvgIpc) is 3.85. The molecule has 11 aromatic rings. The summed E-state index contributed by atoms with van der Waals surface area (Å²) in [7, 11) is 0. The standard InChI is InChI=1S/C49H32N2S/c1-31-28-34(36-17-11-18-40-39-16-7-10-21-48(39)52-49(36)40)24-25-43(31)51-45-20-9-6-15-38(45)42-30-33(23-27-47(42)51)32-22-26-46-41(29-32)37-14-5-8-19-44(37)50(46)35-12-3-2-4-13-35/h2-30H,1H3. The predicted molar refractivity (Wildman–Crippen MR) is 224 cm³/mol. The lowest BCUT2D eigenvalue weighted by atomic mass is 10.00. The lowest BCUT2D eigenvalue weighted by molar-refractivity contribution is 1.15. The van der Waals surface area contributed by atoms with Gasteiger partial charge in [0, 0.05) is 53.1 Å². The van der Waals surface area contributed by atoms with Crippen LogP contribution in [0.3, 0.4) is 0 Å². The van der Waals surface area contributed by atoms with Gasteiger partial charge in [0.25, 0.3) is 0 Å². The number of hydrogen-bond acceptors (Lipinski definition) is 1. The van der Waals surface area contributed by atoms with E-state index < -0.39 is 0 Å². The minimum absolute atomic E-state index is 1.18. The molecule has 0 unspecified atom stereocenters. The molecule has 0 N–H and O–H groups in total. The van der Waals surface area contributed by atoms with Crippen molar-refractivity contribution >= 4 is 75.1 Å². The van der Waals surface area contributed by atoms with Crippen LogP contribution in [0.15, 0.2) is 176 Å². The van der Waals surface area contributed by atoms with Gasteiger partial charge in [-0.05, 0) is 101 Å². The van der Waals surface area contributed by atoms with Gasteiger partial charge in [0.05, 0.1) is 22.1 Å². The number of fused-ring (bicyclic) bond motifs is 9. The highest BCUT2D eigenvalue weighted by molar-refractivity contribution is 7.26. The van der Waals surface area contributed by atoms with Crippen LogP contribution in [0, 0.1) is 6.92 Å². The number of hydrogen-bond donors (Lipinski definition) is 0. The lowest BCUT2D eigenvalue weighted by Crippen LogP contribution is -1.97. The smallest absolute Gasteiger partial charge is 0.0541 e. The molecule has 0 aliphatic rings. The molecule has 0 radical (unpaired) electrons. The summed E-state index contributed by atoms with van der Waals surface area (Å²) in [5, 5.41) is 7.73. The van der Waals surface area contributed by atoms with Crippen LogP contribution in [-0.2, 0) is 0 Å². The molecule has 0 saturated heterocycles. The fourth-order valence-electron chi connectivity index (χ4n) is 8.47. The van der Waals surface area contributed by atoms with Crippen LogP contribution in [0.25, 0.3) is 97.4 Å². The first-order valence-corrected chi connectivity index (χ1v) is 18.7. The van der Waals surface area contributed by atoms with E-state index in [1.807, 2.05) is 11.3 Å². The van der Waals surface area contributed by atoms with Crippen molar-refractivity contribution in [2.24, 2.45) is 0 Å². The Morgan fingerprint density at radius 1 is 0.385 bits per heavy atom. The minimum atomic E-state index is 1.18. The number of rotatable bonds is 4. The van der Waals surface area contributed by atoms with Gasteiger partial charge in [-0.3, -0.25) is 0 Å². The number of nitrogens with zero attached hydrogens (tertiary/aromatic N) is 2. The van der Waals surface area contributed by atoms with Gasteiger partial charge in [0.1, 0.15) is 0 Å². The third kappa shape index (κ3) is 4.30. The number of thiophene rings is 1. The highest BCUT2D eigenvalue weighted by atomic mass is 32.1. The van der Waals surface area contributed by atoms with Crippen LogP contribution in [0.2, 0.25) is 0 Å². The number of aryl methyl sites for hydroxylation is 1. The molecule has 3 heterocycles. The fraction of sp³-hybridized carbons (Fsp3) is 0.0204. The summed E-state index contributed by atoms with van der Waals surface area (Å²) in [6, 6.07) is 64.6. The Morgan fingerprint density at radius 2 is 0.942 bits per heavy atom. The number of benzene rings is 8. The van der Waals surface area contributed by atoms with Crippen molar-refractivity contribution in [3.8, 4) is 33.6 Å². The second-order valence-electron chi connectivity index (χ2n) is 13.8. The zero-order valence-electron chi connectivity index (χ0n) is 28.5. The second-order valence-corrected chi connectivity index (χ2v) is 14.8. The van der Waals surface area contributed by atoms with Crippen molar-refractivity contribution in [3.63, 3.8) is 0 Å². The highest BCUT2D eigenvalue weighted by Gasteiger charge is 2.18. The van der Waals surface area contributed by atoms with Gasteiger partial charge >= 0.3 is 0 Å². The zero-order chi connectivity index (χ0) is 34.3. The van der Waals surface area contributed by atoms with Gasteiger partial charge in [0.2, 0.25) is 0 Å². The molecule has 2 nitrogen and oxygen atoms in total. The summed E-state index contributed by atoms with van der Waals surface area (Å²) in [6.45, 7) is 2.25. The molecule has 0 aliphatic carbocycles. The van der Waals surface area contributed by atoms with Crippen LogP contribution in [0.1, 0.15) is 5.56 Å². The molecule has 52 heavy (non-hydrogen) atoms. The summed E-state index contributed by atoms with van der Waals surface area (Å²) >= 11 is 1.89. The van der Waals surface area contributed by atoms with Crippen molar-refractivity contribution in [1.29, 1.82) is 0 Å². The number of para-hydroxylation sites is 3. The minimum Gasteiger partial charge on any atom is -0.309 e. The Kier molecular flexibility index (Phi) is 6.37.